The molecule has 0 heterocycles. The maximum absolute atomic E-state index is 13.3. The van der Waals surface area contributed by atoms with Crippen LogP contribution < -0.4 is 4.72 Å². The Bertz CT molecular complexity index is 835. The predicted octanol–water partition coefficient (Wildman–Crippen LogP) is 5.39. The summed E-state index contributed by atoms with van der Waals surface area (Å²) in [6, 6.07) is 0. The first kappa shape index (κ1) is 31.5. The Balaban J connectivity index is 6.96. The summed E-state index contributed by atoms with van der Waals surface area (Å²) in [4.78, 5) is 0. The minimum atomic E-state index is -9.11. The fourth-order valence-electron chi connectivity index (χ4n) is 1.53. The molecule has 0 fully saturated rings. The summed E-state index contributed by atoms with van der Waals surface area (Å²) < 4.78 is 273. The average molecular weight is 567 g/mol. The lowest BCUT2D eigenvalue weighted by Gasteiger charge is -2.42. The van der Waals surface area contributed by atoms with E-state index in [1.807, 2.05) is 0 Å². The molecule has 0 aromatic heterocycles. The molecular weight excluding hydrogens is 566 g/mol. The number of rotatable bonds is 8. The molecule has 24 heteroatoms. The standard InChI is InChI=1S/C9HF20NO2S/c10-1(11,3(14,15)5(18,19)7(22,23)24)2(12,13)4(16,17)6(20,21)8(25,26)33(31,32)30-9(27,28)29/h30H. The molecule has 0 unspecified atom stereocenters. The Hall–Kier alpha value is -1.49. The Morgan fingerprint density at radius 1 is 0.394 bits per heavy atom. The van der Waals surface area contributed by atoms with Crippen LogP contribution in [0.4, 0.5) is 87.8 Å². The predicted molar refractivity (Wildman–Crippen MR) is 58.8 cm³/mol. The van der Waals surface area contributed by atoms with Gasteiger partial charge in [-0.15, -0.1) is 4.72 Å². The quantitative estimate of drug-likeness (QED) is 0.316. The zero-order valence-electron chi connectivity index (χ0n) is 13.8. The van der Waals surface area contributed by atoms with Gasteiger partial charge in [-0.1, -0.05) is 0 Å². The highest BCUT2D eigenvalue weighted by molar-refractivity contribution is 7.90. The highest BCUT2D eigenvalue weighted by Gasteiger charge is 2.96. The van der Waals surface area contributed by atoms with Gasteiger partial charge in [0.2, 0.25) is 0 Å². The molecule has 0 aliphatic heterocycles. The van der Waals surface area contributed by atoms with Gasteiger partial charge < -0.3 is 0 Å². The van der Waals surface area contributed by atoms with E-state index in [0.717, 1.165) is 0 Å². The Morgan fingerprint density at radius 3 is 0.879 bits per heavy atom. The fraction of sp³-hybridized carbons (Fsp3) is 1.00. The Labute approximate surface area is 165 Å². The molecule has 0 saturated heterocycles. The molecule has 33 heavy (non-hydrogen) atoms. The lowest BCUT2D eigenvalue weighted by Crippen LogP contribution is -2.75. The molecule has 0 spiro atoms. The maximum Gasteiger partial charge on any atom is 0.470 e. The summed E-state index contributed by atoms with van der Waals surface area (Å²) in [6.07, 6.45) is -14.8. The van der Waals surface area contributed by atoms with Gasteiger partial charge in [-0.05, 0) is 0 Å². The number of sulfonamides is 1. The second-order valence-corrected chi connectivity index (χ2v) is 7.29. The van der Waals surface area contributed by atoms with Crippen LogP contribution in [-0.4, -0.2) is 61.7 Å². The van der Waals surface area contributed by atoms with E-state index in [2.05, 4.69) is 0 Å². The third-order valence-electron chi connectivity index (χ3n) is 3.28. The van der Waals surface area contributed by atoms with Crippen molar-refractivity contribution < 1.29 is 96.2 Å². The molecule has 0 saturated carbocycles. The molecule has 1 N–H and O–H groups in total. The summed E-state index contributed by atoms with van der Waals surface area (Å²) in [6.45, 7) is 0. The van der Waals surface area contributed by atoms with E-state index in [9.17, 15) is 96.2 Å². The highest BCUT2D eigenvalue weighted by atomic mass is 32.2. The van der Waals surface area contributed by atoms with Gasteiger partial charge in [-0.3, -0.25) is 0 Å². The number of halogens is 20. The zero-order valence-corrected chi connectivity index (χ0v) is 14.6. The molecule has 200 valence electrons. The first-order chi connectivity index (χ1) is 13.7. The second kappa shape index (κ2) is 7.50. The number of nitrogens with one attached hydrogen (secondary N) is 1. The van der Waals surface area contributed by atoms with Crippen molar-refractivity contribution in [3.8, 4) is 0 Å². The third-order valence-corrected chi connectivity index (χ3v) is 4.71. The van der Waals surface area contributed by atoms with E-state index < -0.39 is 68.0 Å². The van der Waals surface area contributed by atoms with E-state index in [-0.39, 0.29) is 0 Å². The fourth-order valence-corrected chi connectivity index (χ4v) is 2.43. The van der Waals surface area contributed by atoms with E-state index in [0.29, 0.717) is 0 Å². The summed E-state index contributed by atoms with van der Waals surface area (Å²) in [5.74, 6) is -53.3. The van der Waals surface area contributed by atoms with Gasteiger partial charge in [0.15, 0.2) is 0 Å². The SMILES string of the molecule is O=S(=O)(NC(F)(F)F)C(F)(F)C(F)(F)C(F)(F)C(F)(F)C(F)(F)C(F)(F)C(F)(F)C(F)(F)F. The summed E-state index contributed by atoms with van der Waals surface area (Å²) >= 11 is 0. The van der Waals surface area contributed by atoms with Crippen molar-refractivity contribution in [2.45, 2.75) is 53.3 Å². The summed E-state index contributed by atoms with van der Waals surface area (Å²) in [5, 5.41) is -8.26. The van der Waals surface area contributed by atoms with Gasteiger partial charge in [-0.25, -0.2) is 8.42 Å². The van der Waals surface area contributed by atoms with Gasteiger partial charge in [0.05, 0.1) is 0 Å². The Morgan fingerprint density at radius 2 is 0.636 bits per heavy atom. The van der Waals surface area contributed by atoms with Crippen LogP contribution in [0.5, 0.6) is 0 Å². The molecule has 0 atom stereocenters. The van der Waals surface area contributed by atoms with E-state index in [1.54, 1.807) is 0 Å². The molecule has 0 amide bonds. The van der Waals surface area contributed by atoms with E-state index in [4.69, 9.17) is 0 Å². The first-order valence-corrected chi connectivity index (χ1v) is 8.00. The van der Waals surface area contributed by atoms with Crippen LogP contribution in [0.25, 0.3) is 0 Å². The van der Waals surface area contributed by atoms with Crippen molar-refractivity contribution in [3.05, 3.63) is 0 Å². The number of hydrogen-bond acceptors (Lipinski definition) is 2. The van der Waals surface area contributed by atoms with Crippen LogP contribution in [0.3, 0.4) is 0 Å². The van der Waals surface area contributed by atoms with Crippen molar-refractivity contribution in [2.24, 2.45) is 0 Å². The van der Waals surface area contributed by atoms with E-state index in [1.165, 1.54) is 0 Å². The number of hydrogen-bond donors (Lipinski definition) is 1. The lowest BCUT2D eigenvalue weighted by molar-refractivity contribution is -0.458. The molecular formula is C9HF20NO2S. The van der Waals surface area contributed by atoms with Crippen molar-refractivity contribution >= 4 is 10.0 Å². The van der Waals surface area contributed by atoms with Crippen LogP contribution in [0, 0.1) is 0 Å². The molecule has 0 aromatic rings. The van der Waals surface area contributed by atoms with Crippen molar-refractivity contribution in [1.82, 2.24) is 4.72 Å². The molecule has 3 nitrogen and oxygen atoms in total. The molecule has 0 radical (unpaired) electrons. The van der Waals surface area contributed by atoms with Crippen molar-refractivity contribution in [2.75, 3.05) is 0 Å². The van der Waals surface area contributed by atoms with E-state index >= 15 is 0 Å². The van der Waals surface area contributed by atoms with Crippen LogP contribution in [0.15, 0.2) is 0 Å². The topological polar surface area (TPSA) is 46.2 Å². The summed E-state index contributed by atoms with van der Waals surface area (Å²) in [5.41, 5.74) is 0. The first-order valence-electron chi connectivity index (χ1n) is 6.52. The minimum absolute atomic E-state index is 1.46. The smallest absolute Gasteiger partial charge is 0.205 e. The molecule has 0 aliphatic carbocycles. The van der Waals surface area contributed by atoms with Crippen LogP contribution in [-0.2, 0) is 10.0 Å². The third kappa shape index (κ3) is 4.24. The second-order valence-electron chi connectivity index (χ2n) is 5.56. The van der Waals surface area contributed by atoms with Crippen molar-refractivity contribution in [1.29, 1.82) is 0 Å². The van der Waals surface area contributed by atoms with Gasteiger partial charge >= 0.3 is 53.3 Å². The number of alkyl halides is 20. The van der Waals surface area contributed by atoms with Gasteiger partial charge in [0.1, 0.15) is 0 Å². The van der Waals surface area contributed by atoms with Crippen molar-refractivity contribution in [3.63, 3.8) is 0 Å². The highest BCUT2D eigenvalue weighted by Crippen LogP contribution is 2.64. The van der Waals surface area contributed by atoms with Crippen LogP contribution in [0.1, 0.15) is 0 Å². The monoisotopic (exact) mass is 567 g/mol. The minimum Gasteiger partial charge on any atom is -0.205 e. The van der Waals surface area contributed by atoms with Crippen LogP contribution >= 0.6 is 0 Å². The summed E-state index contributed by atoms with van der Waals surface area (Å²) in [7, 11) is -8.38. The van der Waals surface area contributed by atoms with Gasteiger partial charge in [-0.2, -0.15) is 87.8 Å². The average Bonchev–Trinajstić information content (AvgIpc) is 2.49. The van der Waals surface area contributed by atoms with Crippen LogP contribution in [0.2, 0.25) is 0 Å². The molecule has 0 aromatic carbocycles. The van der Waals surface area contributed by atoms with Gasteiger partial charge in [0.25, 0.3) is 10.0 Å². The molecule has 0 aliphatic rings. The van der Waals surface area contributed by atoms with Gasteiger partial charge in [0, 0.05) is 0 Å². The molecule has 0 bridgehead atoms. The largest absolute Gasteiger partial charge is 0.470 e. The normalized spacial score (nSPS) is 16.8. The molecule has 0 rings (SSSR count). The lowest BCUT2D eigenvalue weighted by atomic mass is 9.91. The zero-order chi connectivity index (χ0) is 27.7. The maximum atomic E-state index is 13.3. The Kier molecular flexibility index (Phi) is 7.16.